The average molecular weight is 565 g/mol. The Bertz CT molecular complexity index is 1340. The SMILES string of the molecule is COCCC(=O)N1CCCOc2cc(ccc2OC)-c2nc(c(C)o2)CNC(=O)[C@@H](Cc2ccccc2)NC(=O)C1. The monoisotopic (exact) mass is 564 g/mol. The summed E-state index contributed by atoms with van der Waals surface area (Å²) in [5.41, 5.74) is 2.14. The quantitative estimate of drug-likeness (QED) is 0.467. The van der Waals surface area contributed by atoms with Gasteiger partial charge in [-0.2, -0.15) is 0 Å². The van der Waals surface area contributed by atoms with Gasteiger partial charge in [0.15, 0.2) is 11.5 Å². The van der Waals surface area contributed by atoms with Crippen LogP contribution in [0.3, 0.4) is 0 Å². The van der Waals surface area contributed by atoms with Gasteiger partial charge in [0.2, 0.25) is 23.6 Å². The number of aromatic nitrogens is 1. The van der Waals surface area contributed by atoms with Crippen molar-refractivity contribution in [2.75, 3.05) is 40.5 Å². The van der Waals surface area contributed by atoms with Crippen LogP contribution in [0.5, 0.6) is 11.5 Å². The topological polar surface area (TPSA) is 132 Å². The van der Waals surface area contributed by atoms with E-state index in [1.807, 2.05) is 36.4 Å². The number of fused-ring (bicyclic) bond motifs is 5. The van der Waals surface area contributed by atoms with Gasteiger partial charge in [-0.25, -0.2) is 4.98 Å². The Morgan fingerprint density at radius 2 is 1.95 bits per heavy atom. The lowest BCUT2D eigenvalue weighted by Gasteiger charge is -2.24. The second-order valence-corrected chi connectivity index (χ2v) is 9.68. The van der Waals surface area contributed by atoms with E-state index in [2.05, 4.69) is 15.6 Å². The first-order valence-corrected chi connectivity index (χ1v) is 13.5. The maximum absolute atomic E-state index is 13.3. The minimum atomic E-state index is -0.862. The van der Waals surface area contributed by atoms with E-state index in [0.29, 0.717) is 40.8 Å². The Morgan fingerprint density at radius 1 is 1.15 bits per heavy atom. The molecular weight excluding hydrogens is 528 g/mol. The fraction of sp³-hybridized carbons (Fsp3) is 0.400. The number of methoxy groups -OCH3 is 2. The van der Waals surface area contributed by atoms with Gasteiger partial charge < -0.3 is 34.2 Å². The molecule has 11 nitrogen and oxygen atoms in total. The molecular formula is C30H36N4O7. The predicted octanol–water partition coefficient (Wildman–Crippen LogP) is 2.65. The van der Waals surface area contributed by atoms with Crippen LogP contribution in [-0.2, 0) is 32.1 Å². The molecule has 2 heterocycles. The molecule has 0 saturated carbocycles. The Morgan fingerprint density at radius 3 is 2.71 bits per heavy atom. The van der Waals surface area contributed by atoms with Crippen molar-refractivity contribution in [3.63, 3.8) is 0 Å². The van der Waals surface area contributed by atoms with E-state index in [0.717, 1.165) is 5.56 Å². The molecule has 4 rings (SSSR count). The molecule has 1 aromatic heterocycles. The molecule has 218 valence electrons. The lowest BCUT2D eigenvalue weighted by Crippen LogP contribution is -2.51. The van der Waals surface area contributed by atoms with Crippen LogP contribution in [0.4, 0.5) is 0 Å². The molecule has 0 spiro atoms. The molecule has 0 unspecified atom stereocenters. The number of hydrogen-bond donors (Lipinski definition) is 2. The number of hydrogen-bond acceptors (Lipinski definition) is 8. The minimum absolute atomic E-state index is 0.108. The number of nitrogens with one attached hydrogen (secondary N) is 2. The number of aryl methyl sites for hydroxylation is 1. The second-order valence-electron chi connectivity index (χ2n) is 9.68. The molecule has 2 N–H and O–H groups in total. The summed E-state index contributed by atoms with van der Waals surface area (Å²) in [6.07, 6.45) is 0.863. The van der Waals surface area contributed by atoms with E-state index in [1.165, 1.54) is 12.0 Å². The van der Waals surface area contributed by atoms with Gasteiger partial charge in [0.25, 0.3) is 0 Å². The van der Waals surface area contributed by atoms with E-state index in [9.17, 15) is 14.4 Å². The minimum Gasteiger partial charge on any atom is -0.493 e. The molecule has 11 heteroatoms. The summed E-state index contributed by atoms with van der Waals surface area (Å²) in [6, 6.07) is 13.9. The molecule has 0 aliphatic carbocycles. The molecule has 1 atom stereocenters. The molecule has 3 amide bonds. The number of carbonyl (C=O) groups is 3. The van der Waals surface area contributed by atoms with Gasteiger partial charge in [-0.1, -0.05) is 30.3 Å². The third kappa shape index (κ3) is 8.07. The van der Waals surface area contributed by atoms with Crippen LogP contribution in [-0.4, -0.2) is 74.2 Å². The summed E-state index contributed by atoms with van der Waals surface area (Å²) in [7, 11) is 3.07. The van der Waals surface area contributed by atoms with Crippen molar-refractivity contribution < 1.29 is 33.0 Å². The Labute approximate surface area is 239 Å². The Balaban J connectivity index is 1.63. The van der Waals surface area contributed by atoms with Crippen molar-refractivity contribution in [2.24, 2.45) is 0 Å². The molecule has 1 aliphatic heterocycles. The van der Waals surface area contributed by atoms with E-state index >= 15 is 0 Å². The van der Waals surface area contributed by atoms with Crippen LogP contribution in [0.15, 0.2) is 52.9 Å². The lowest BCUT2D eigenvalue weighted by atomic mass is 10.1. The molecule has 4 bridgehead atoms. The van der Waals surface area contributed by atoms with Crippen molar-refractivity contribution in [2.45, 2.75) is 38.8 Å². The number of amides is 3. The zero-order valence-corrected chi connectivity index (χ0v) is 23.6. The molecule has 0 fully saturated rings. The van der Waals surface area contributed by atoms with Crippen LogP contribution < -0.4 is 20.1 Å². The first kappa shape index (κ1) is 29.6. The van der Waals surface area contributed by atoms with Crippen LogP contribution >= 0.6 is 0 Å². The van der Waals surface area contributed by atoms with Crippen LogP contribution in [0.2, 0.25) is 0 Å². The van der Waals surface area contributed by atoms with Crippen LogP contribution in [0, 0.1) is 6.92 Å². The highest BCUT2D eigenvalue weighted by molar-refractivity contribution is 5.90. The first-order chi connectivity index (χ1) is 19.9. The number of carbonyl (C=O) groups excluding carboxylic acids is 3. The summed E-state index contributed by atoms with van der Waals surface area (Å²) in [6.45, 7) is 2.46. The summed E-state index contributed by atoms with van der Waals surface area (Å²) < 4.78 is 22.4. The van der Waals surface area contributed by atoms with Crippen LogP contribution in [0.1, 0.15) is 29.9 Å². The highest BCUT2D eigenvalue weighted by Gasteiger charge is 2.25. The number of oxazole rings is 1. The van der Waals surface area contributed by atoms with Crippen molar-refractivity contribution in [1.29, 1.82) is 0 Å². The zero-order valence-electron chi connectivity index (χ0n) is 23.6. The highest BCUT2D eigenvalue weighted by atomic mass is 16.5. The number of nitrogens with zero attached hydrogens (tertiary/aromatic N) is 2. The molecule has 3 aromatic rings. The number of benzene rings is 2. The second kappa shape index (κ2) is 14.3. The summed E-state index contributed by atoms with van der Waals surface area (Å²) in [5, 5.41) is 5.71. The molecule has 2 aromatic carbocycles. The smallest absolute Gasteiger partial charge is 0.243 e. The maximum atomic E-state index is 13.3. The van der Waals surface area contributed by atoms with E-state index < -0.39 is 11.9 Å². The number of ether oxygens (including phenoxy) is 3. The summed E-state index contributed by atoms with van der Waals surface area (Å²) >= 11 is 0. The maximum Gasteiger partial charge on any atom is 0.243 e. The van der Waals surface area contributed by atoms with Crippen molar-refractivity contribution in [1.82, 2.24) is 20.5 Å². The van der Waals surface area contributed by atoms with Crippen LogP contribution in [0.25, 0.3) is 11.5 Å². The standard InChI is InChI=1S/C30H36N4O7/c1-20-24-18-31-29(37)23(16-21-8-5-4-6-9-21)32-27(35)19-34(28(36)12-15-38-2)13-7-14-40-26-17-22(30(33-24)41-20)10-11-25(26)39-3/h4-6,8-11,17,23H,7,12-16,18-19H2,1-3H3,(H,31,37)(H,32,35)/t23-/m1/s1. The lowest BCUT2D eigenvalue weighted by molar-refractivity contribution is -0.137. The van der Waals surface area contributed by atoms with E-state index in [-0.39, 0.29) is 57.5 Å². The fourth-order valence-corrected chi connectivity index (χ4v) is 4.48. The van der Waals surface area contributed by atoms with Gasteiger partial charge in [0, 0.05) is 25.6 Å². The van der Waals surface area contributed by atoms with Gasteiger partial charge in [0.05, 0.1) is 39.8 Å². The molecule has 1 aliphatic rings. The molecule has 0 saturated heterocycles. The van der Waals surface area contributed by atoms with Gasteiger partial charge in [0.1, 0.15) is 17.5 Å². The Hall–Kier alpha value is -4.38. The fourth-order valence-electron chi connectivity index (χ4n) is 4.48. The molecule has 0 radical (unpaired) electrons. The van der Waals surface area contributed by atoms with E-state index in [4.69, 9.17) is 18.6 Å². The Kier molecular flexibility index (Phi) is 10.3. The number of rotatable bonds is 6. The highest BCUT2D eigenvalue weighted by Crippen LogP contribution is 2.33. The average Bonchev–Trinajstić information content (AvgIpc) is 3.35. The van der Waals surface area contributed by atoms with E-state index in [1.54, 1.807) is 26.2 Å². The summed E-state index contributed by atoms with van der Waals surface area (Å²) in [5.74, 6) is 0.933. The molecule has 41 heavy (non-hydrogen) atoms. The first-order valence-electron chi connectivity index (χ1n) is 13.5. The summed E-state index contributed by atoms with van der Waals surface area (Å²) in [4.78, 5) is 45.5. The predicted molar refractivity (Wildman–Crippen MR) is 150 cm³/mol. The largest absolute Gasteiger partial charge is 0.493 e. The van der Waals surface area contributed by atoms with Crippen molar-refractivity contribution in [3.05, 3.63) is 65.5 Å². The zero-order chi connectivity index (χ0) is 29.2. The van der Waals surface area contributed by atoms with Crippen molar-refractivity contribution in [3.8, 4) is 23.0 Å². The van der Waals surface area contributed by atoms with Crippen molar-refractivity contribution >= 4 is 17.7 Å². The third-order valence-electron chi connectivity index (χ3n) is 6.70. The van der Waals surface area contributed by atoms with Gasteiger partial charge in [-0.3, -0.25) is 14.4 Å². The van der Waals surface area contributed by atoms with Gasteiger partial charge in [-0.15, -0.1) is 0 Å². The van der Waals surface area contributed by atoms with Gasteiger partial charge in [-0.05, 0) is 37.1 Å². The van der Waals surface area contributed by atoms with Gasteiger partial charge >= 0.3 is 0 Å². The normalized spacial score (nSPS) is 16.6. The third-order valence-corrected chi connectivity index (χ3v) is 6.70.